The minimum absolute atomic E-state index is 0.422. The Morgan fingerprint density at radius 3 is 2.65 bits per heavy atom. The maximum Gasteiger partial charge on any atom is 0.0796 e. The van der Waals surface area contributed by atoms with Gasteiger partial charge in [-0.15, -0.1) is 0 Å². The topological polar surface area (TPSA) is 29.9 Å². The van der Waals surface area contributed by atoms with Crippen molar-refractivity contribution < 1.29 is 0 Å². The highest BCUT2D eigenvalue weighted by molar-refractivity contribution is 5.07. The minimum Gasteiger partial charge on any atom is -0.311 e. The van der Waals surface area contributed by atoms with Gasteiger partial charge in [-0.3, -0.25) is 4.68 Å². The molecule has 17 heavy (non-hydrogen) atoms. The summed E-state index contributed by atoms with van der Waals surface area (Å²) < 4.78 is 1.90. The summed E-state index contributed by atoms with van der Waals surface area (Å²) in [6.45, 7) is 4.78. The molecule has 1 aromatic rings. The van der Waals surface area contributed by atoms with Gasteiger partial charge in [0.1, 0.15) is 0 Å². The van der Waals surface area contributed by atoms with E-state index in [1.54, 1.807) is 0 Å². The molecule has 4 atom stereocenters. The fraction of sp³-hybridized carbons (Fsp3) is 0.786. The molecule has 1 aliphatic carbocycles. The Hall–Kier alpha value is -0.830. The number of aromatic nitrogens is 2. The maximum absolute atomic E-state index is 4.56. The maximum atomic E-state index is 4.56. The third-order valence-electron chi connectivity index (χ3n) is 4.47. The summed E-state index contributed by atoms with van der Waals surface area (Å²) in [4.78, 5) is 0. The van der Waals surface area contributed by atoms with Crippen LogP contribution in [0.2, 0.25) is 0 Å². The van der Waals surface area contributed by atoms with Crippen LogP contribution in [-0.4, -0.2) is 16.8 Å². The second kappa shape index (κ2) is 5.21. The highest BCUT2D eigenvalue weighted by atomic mass is 15.3. The predicted octanol–water partition coefficient (Wildman–Crippen LogP) is 2.75. The average Bonchev–Trinajstić information content (AvgIpc) is 2.71. The van der Waals surface area contributed by atoms with Gasteiger partial charge < -0.3 is 5.32 Å². The van der Waals surface area contributed by atoms with E-state index in [1.165, 1.54) is 25.0 Å². The number of aryl methyl sites for hydroxylation is 1. The molecule has 1 N–H and O–H groups in total. The standard InChI is InChI=1S/C14H25N3/c1-10-5-6-12(9-11(10)2)14(15-3)13-7-8-17(4)16-13/h7-8,10-12,14-15H,5-6,9H2,1-4H3. The van der Waals surface area contributed by atoms with Gasteiger partial charge in [0, 0.05) is 13.2 Å². The number of hydrogen-bond acceptors (Lipinski definition) is 2. The van der Waals surface area contributed by atoms with Gasteiger partial charge >= 0.3 is 0 Å². The molecular formula is C14H25N3. The summed E-state index contributed by atoms with van der Waals surface area (Å²) >= 11 is 0. The van der Waals surface area contributed by atoms with Crippen molar-refractivity contribution in [2.24, 2.45) is 24.8 Å². The van der Waals surface area contributed by atoms with Crippen LogP contribution in [0.25, 0.3) is 0 Å². The molecule has 1 aliphatic rings. The number of rotatable bonds is 3. The second-order valence-electron chi connectivity index (χ2n) is 5.71. The molecule has 4 unspecified atom stereocenters. The molecule has 1 aromatic heterocycles. The van der Waals surface area contributed by atoms with Gasteiger partial charge in [0.25, 0.3) is 0 Å². The normalized spacial score (nSPS) is 31.4. The van der Waals surface area contributed by atoms with Gasteiger partial charge in [0.2, 0.25) is 0 Å². The van der Waals surface area contributed by atoms with Gasteiger partial charge in [-0.25, -0.2) is 0 Å². The zero-order valence-corrected chi connectivity index (χ0v) is 11.5. The van der Waals surface area contributed by atoms with Crippen LogP contribution in [0.1, 0.15) is 44.8 Å². The predicted molar refractivity (Wildman–Crippen MR) is 70.7 cm³/mol. The van der Waals surface area contributed by atoms with Crippen LogP contribution in [0.15, 0.2) is 12.3 Å². The first-order chi connectivity index (χ1) is 8.11. The molecule has 3 nitrogen and oxygen atoms in total. The molecule has 3 heteroatoms. The number of hydrogen-bond donors (Lipinski definition) is 1. The zero-order chi connectivity index (χ0) is 12.4. The van der Waals surface area contributed by atoms with Crippen molar-refractivity contribution in [1.82, 2.24) is 15.1 Å². The number of nitrogens with zero attached hydrogens (tertiary/aromatic N) is 2. The molecule has 0 radical (unpaired) electrons. The van der Waals surface area contributed by atoms with Crippen LogP contribution in [0.3, 0.4) is 0 Å². The summed E-state index contributed by atoms with van der Waals surface area (Å²) in [5.41, 5.74) is 1.20. The lowest BCUT2D eigenvalue weighted by Crippen LogP contribution is -2.31. The lowest BCUT2D eigenvalue weighted by atomic mass is 9.72. The first-order valence-corrected chi connectivity index (χ1v) is 6.78. The molecule has 0 aliphatic heterocycles. The summed E-state index contributed by atoms with van der Waals surface area (Å²) in [6, 6.07) is 2.57. The molecule has 1 saturated carbocycles. The van der Waals surface area contributed by atoms with E-state index in [2.05, 4.69) is 37.4 Å². The molecular weight excluding hydrogens is 210 g/mol. The molecule has 1 fully saturated rings. The van der Waals surface area contributed by atoms with Crippen LogP contribution < -0.4 is 5.32 Å². The third-order valence-corrected chi connectivity index (χ3v) is 4.47. The molecule has 96 valence electrons. The first-order valence-electron chi connectivity index (χ1n) is 6.78. The van der Waals surface area contributed by atoms with Crippen LogP contribution in [0.5, 0.6) is 0 Å². The smallest absolute Gasteiger partial charge is 0.0796 e. The second-order valence-corrected chi connectivity index (χ2v) is 5.71. The lowest BCUT2D eigenvalue weighted by molar-refractivity contribution is 0.173. The Morgan fingerprint density at radius 2 is 2.12 bits per heavy atom. The van der Waals surface area contributed by atoms with Crippen LogP contribution in [0.4, 0.5) is 0 Å². The Bertz CT molecular complexity index is 358. The van der Waals surface area contributed by atoms with E-state index in [0.29, 0.717) is 6.04 Å². The largest absolute Gasteiger partial charge is 0.311 e. The van der Waals surface area contributed by atoms with Crippen LogP contribution in [0, 0.1) is 17.8 Å². The summed E-state index contributed by atoms with van der Waals surface area (Å²) in [5.74, 6) is 2.46. The molecule has 0 aromatic carbocycles. The highest BCUT2D eigenvalue weighted by Crippen LogP contribution is 2.39. The fourth-order valence-electron chi connectivity index (χ4n) is 3.12. The Labute approximate surface area is 105 Å². The molecule has 1 heterocycles. The fourth-order valence-corrected chi connectivity index (χ4v) is 3.12. The third kappa shape index (κ3) is 2.71. The quantitative estimate of drug-likeness (QED) is 0.873. The summed E-state index contributed by atoms with van der Waals surface area (Å²) in [6.07, 6.45) is 6.04. The van der Waals surface area contributed by atoms with Crippen molar-refractivity contribution in [1.29, 1.82) is 0 Å². The SMILES string of the molecule is CNC(c1ccn(C)n1)C1CCC(C)C(C)C1. The number of nitrogens with one attached hydrogen (secondary N) is 1. The van der Waals surface area contributed by atoms with Crippen molar-refractivity contribution in [3.63, 3.8) is 0 Å². The zero-order valence-electron chi connectivity index (χ0n) is 11.5. The van der Waals surface area contributed by atoms with Crippen LogP contribution in [-0.2, 0) is 7.05 Å². The van der Waals surface area contributed by atoms with E-state index >= 15 is 0 Å². The Morgan fingerprint density at radius 1 is 1.35 bits per heavy atom. The van der Waals surface area contributed by atoms with Crippen LogP contribution >= 0.6 is 0 Å². The molecule has 0 spiro atoms. The van der Waals surface area contributed by atoms with E-state index in [1.807, 2.05) is 17.9 Å². The average molecular weight is 235 g/mol. The Kier molecular flexibility index (Phi) is 3.87. The summed E-state index contributed by atoms with van der Waals surface area (Å²) in [7, 11) is 4.05. The van der Waals surface area contributed by atoms with Gasteiger partial charge in [0.05, 0.1) is 11.7 Å². The van der Waals surface area contributed by atoms with Crippen molar-refractivity contribution in [2.45, 2.75) is 39.2 Å². The van der Waals surface area contributed by atoms with Gasteiger partial charge in [0.15, 0.2) is 0 Å². The molecule has 2 rings (SSSR count). The van der Waals surface area contributed by atoms with Gasteiger partial charge in [-0.2, -0.15) is 5.10 Å². The molecule has 0 saturated heterocycles. The van der Waals surface area contributed by atoms with E-state index in [9.17, 15) is 0 Å². The lowest BCUT2D eigenvalue weighted by Gasteiger charge is -2.36. The highest BCUT2D eigenvalue weighted by Gasteiger charge is 2.31. The summed E-state index contributed by atoms with van der Waals surface area (Å²) in [5, 5.41) is 8.02. The monoisotopic (exact) mass is 235 g/mol. The molecule has 0 bridgehead atoms. The van der Waals surface area contributed by atoms with E-state index in [-0.39, 0.29) is 0 Å². The van der Waals surface area contributed by atoms with E-state index < -0.39 is 0 Å². The van der Waals surface area contributed by atoms with Crippen molar-refractivity contribution in [3.8, 4) is 0 Å². The minimum atomic E-state index is 0.422. The van der Waals surface area contributed by atoms with Crippen molar-refractivity contribution in [3.05, 3.63) is 18.0 Å². The van der Waals surface area contributed by atoms with E-state index in [4.69, 9.17) is 0 Å². The molecule has 0 amide bonds. The Balaban J connectivity index is 2.08. The van der Waals surface area contributed by atoms with E-state index in [0.717, 1.165) is 17.8 Å². The first kappa shape index (κ1) is 12.6. The van der Waals surface area contributed by atoms with Crippen molar-refractivity contribution in [2.75, 3.05) is 7.05 Å². The van der Waals surface area contributed by atoms with Gasteiger partial charge in [-0.05, 0) is 43.7 Å². The van der Waals surface area contributed by atoms with Crippen molar-refractivity contribution >= 4 is 0 Å². The van der Waals surface area contributed by atoms with Gasteiger partial charge in [-0.1, -0.05) is 20.3 Å².